The van der Waals surface area contributed by atoms with Crippen LogP contribution >= 0.6 is 0 Å². The normalized spacial score (nSPS) is 15.6. The lowest BCUT2D eigenvalue weighted by Crippen LogP contribution is -2.28. The Balaban J connectivity index is 0.734. The summed E-state index contributed by atoms with van der Waals surface area (Å²) >= 11 is 0. The first-order valence-corrected chi connectivity index (χ1v) is 33.2. The van der Waals surface area contributed by atoms with Crippen LogP contribution < -0.4 is 19.6 Å². The summed E-state index contributed by atoms with van der Waals surface area (Å²) in [4.78, 5) is 9.90. The molecule has 0 aromatic heterocycles. The zero-order chi connectivity index (χ0) is 60.7. The molecule has 0 atom stereocenters. The van der Waals surface area contributed by atoms with Crippen LogP contribution in [-0.2, 0) is 16.2 Å². The molecular formula is C87H74N4. The Morgan fingerprint density at radius 2 is 0.385 bits per heavy atom. The van der Waals surface area contributed by atoms with Gasteiger partial charge < -0.3 is 19.6 Å². The highest BCUT2D eigenvalue weighted by Gasteiger charge is 2.47. The summed E-state index contributed by atoms with van der Waals surface area (Å²) in [5.41, 5.74) is 30.4. The van der Waals surface area contributed by atoms with E-state index >= 15 is 0 Å². The number of fused-ring (bicyclic) bond motifs is 13. The van der Waals surface area contributed by atoms with Crippen LogP contribution in [0.25, 0.3) is 33.4 Å². The smallest absolute Gasteiger partial charge is 0.0465 e. The van der Waals surface area contributed by atoms with Crippen molar-refractivity contribution in [3.63, 3.8) is 0 Å². The van der Waals surface area contributed by atoms with E-state index in [-0.39, 0.29) is 16.2 Å². The summed E-state index contributed by atoms with van der Waals surface area (Å²) in [6.07, 6.45) is 12.0. The zero-order valence-electron chi connectivity index (χ0n) is 52.1. The molecule has 2 saturated carbocycles. The highest BCUT2D eigenvalue weighted by atomic mass is 15.2. The predicted molar refractivity (Wildman–Crippen MR) is 381 cm³/mol. The molecule has 4 heteroatoms. The lowest BCUT2D eigenvalue weighted by atomic mass is 9.67. The first kappa shape index (κ1) is 54.9. The maximum absolute atomic E-state index is 2.58. The summed E-state index contributed by atoms with van der Waals surface area (Å²) in [5, 5.41) is 0. The first-order valence-electron chi connectivity index (χ1n) is 33.2. The van der Waals surface area contributed by atoms with Crippen molar-refractivity contribution in [2.75, 3.05) is 19.6 Å². The molecule has 0 aliphatic heterocycles. The fourth-order valence-electron chi connectivity index (χ4n) is 17.1. The van der Waals surface area contributed by atoms with Crippen molar-refractivity contribution >= 4 is 68.2 Å². The average molecular weight is 1180 g/mol. The Morgan fingerprint density at radius 3 is 0.604 bits per heavy atom. The third kappa shape index (κ3) is 9.00. The number of hydrogen-bond donors (Lipinski definition) is 0. The zero-order valence-corrected chi connectivity index (χ0v) is 52.1. The summed E-state index contributed by atoms with van der Waals surface area (Å²) in [5.74, 6) is 0. The molecule has 12 aromatic carbocycles. The number of hydrogen-bond acceptors (Lipinski definition) is 4. The van der Waals surface area contributed by atoms with Gasteiger partial charge in [0.1, 0.15) is 0 Å². The molecule has 91 heavy (non-hydrogen) atoms. The molecule has 442 valence electrons. The van der Waals surface area contributed by atoms with E-state index in [0.717, 1.165) is 59.8 Å². The molecule has 2 fully saturated rings. The number of rotatable bonds is 12. The number of anilines is 12. The summed E-state index contributed by atoms with van der Waals surface area (Å²) in [7, 11) is 0. The molecule has 4 nitrogen and oxygen atoms in total. The lowest BCUT2D eigenvalue weighted by Gasteiger charge is -2.37. The third-order valence-corrected chi connectivity index (χ3v) is 21.3. The van der Waals surface area contributed by atoms with Crippen molar-refractivity contribution in [3.05, 3.63) is 325 Å². The van der Waals surface area contributed by atoms with E-state index in [4.69, 9.17) is 0 Å². The van der Waals surface area contributed by atoms with E-state index in [0.29, 0.717) is 0 Å². The van der Waals surface area contributed by atoms with E-state index in [1.165, 1.54) is 139 Å². The molecule has 0 unspecified atom stereocenters. The van der Waals surface area contributed by atoms with Crippen molar-refractivity contribution in [2.24, 2.45) is 0 Å². The molecular weight excluding hydrogens is 1100 g/mol. The highest BCUT2D eigenvalue weighted by Crippen LogP contribution is 2.61. The molecule has 5 aliphatic carbocycles. The topological polar surface area (TPSA) is 13.0 Å². The molecule has 0 bridgehead atoms. The van der Waals surface area contributed by atoms with Crippen LogP contribution in [0.1, 0.15) is 111 Å². The van der Waals surface area contributed by atoms with Gasteiger partial charge in [0.2, 0.25) is 0 Å². The molecule has 0 radical (unpaired) electrons. The van der Waals surface area contributed by atoms with Crippen molar-refractivity contribution in [1.29, 1.82) is 0 Å². The fraction of sp³-hybridized carbons (Fsp3) is 0.172. The SMILES string of the molecule is CC1(C)c2cc(N(c3ccccc3)c3ccc4c(c3)C3(CCCCC3)c3cc(N(c5ccccc5)c5ccccc5)ccc3-4)ccc2-c2ccc(N(c3ccccc3)c3ccc4c(c3)C3(CCCCC3)c3cc(N(c5ccccc5)c5ccccc5)ccc3-4)cc21. The van der Waals surface area contributed by atoms with Crippen LogP contribution in [0.2, 0.25) is 0 Å². The quantitative estimate of drug-likeness (QED) is 0.121. The Kier molecular flexibility index (Phi) is 13.3. The minimum atomic E-state index is -0.297. The third-order valence-electron chi connectivity index (χ3n) is 21.3. The Morgan fingerprint density at radius 1 is 0.198 bits per heavy atom. The number of para-hydroxylation sites is 6. The standard InChI is InChI=1S/C87H74N4/c1-85(2)79-55-67(90(65-35-19-7-20-36-65)71-43-49-77-75-47-41-69(57-81(75)86(83(77)59-71)51-23-9-24-52-86)88(61-27-11-3-12-28-61)62-29-13-4-14-30-62)39-45-73(79)74-46-40-68(56-80(74)85)91(66-37-21-8-22-38-66)72-44-50-78-76-48-42-70(58-82(76)87(84(78)60-72)53-25-10-26-54-87)89(63-31-15-5-16-32-63)64-33-17-6-18-34-64/h3-8,11-22,27-50,55-60H,9-10,23-26,51-54H2,1-2H3. The molecule has 0 N–H and O–H groups in total. The minimum Gasteiger partial charge on any atom is -0.310 e. The second kappa shape index (κ2) is 22.1. The van der Waals surface area contributed by atoms with Crippen LogP contribution in [0.4, 0.5) is 68.2 Å². The van der Waals surface area contributed by atoms with E-state index < -0.39 is 0 Å². The Bertz CT molecular complexity index is 4300. The summed E-state index contributed by atoms with van der Waals surface area (Å²) in [6.45, 7) is 4.89. The van der Waals surface area contributed by atoms with Crippen molar-refractivity contribution in [2.45, 2.75) is 94.3 Å². The van der Waals surface area contributed by atoms with Gasteiger partial charge in [-0.25, -0.2) is 0 Å². The van der Waals surface area contributed by atoms with Gasteiger partial charge in [-0.05, 0) is 238 Å². The van der Waals surface area contributed by atoms with E-state index in [2.05, 4.69) is 325 Å². The number of benzene rings is 12. The number of nitrogens with zero attached hydrogens (tertiary/aromatic N) is 4. The molecule has 0 amide bonds. The van der Waals surface area contributed by atoms with Crippen molar-refractivity contribution in [1.82, 2.24) is 0 Å². The fourth-order valence-corrected chi connectivity index (χ4v) is 17.1. The molecule has 2 spiro atoms. The van der Waals surface area contributed by atoms with Crippen LogP contribution in [0.3, 0.4) is 0 Å². The molecule has 12 aromatic rings. The van der Waals surface area contributed by atoms with Gasteiger partial charge in [-0.15, -0.1) is 0 Å². The van der Waals surface area contributed by atoms with Crippen molar-refractivity contribution < 1.29 is 0 Å². The van der Waals surface area contributed by atoms with Gasteiger partial charge in [-0.1, -0.05) is 198 Å². The minimum absolute atomic E-state index is 0.0800. The van der Waals surface area contributed by atoms with Gasteiger partial charge in [-0.3, -0.25) is 0 Å². The summed E-state index contributed by atoms with van der Waals surface area (Å²) < 4.78 is 0. The van der Waals surface area contributed by atoms with Gasteiger partial charge in [0.25, 0.3) is 0 Å². The molecule has 5 aliphatic rings. The van der Waals surface area contributed by atoms with Gasteiger partial charge >= 0.3 is 0 Å². The maximum atomic E-state index is 2.58. The van der Waals surface area contributed by atoms with Crippen LogP contribution in [-0.4, -0.2) is 0 Å². The Labute approximate surface area is 537 Å². The molecule has 0 heterocycles. The van der Waals surface area contributed by atoms with Crippen molar-refractivity contribution in [3.8, 4) is 33.4 Å². The summed E-state index contributed by atoms with van der Waals surface area (Å²) in [6, 6.07) is 110. The molecule has 0 saturated heterocycles. The second-order valence-electron chi connectivity index (χ2n) is 26.6. The average Bonchev–Trinajstić information content (AvgIpc) is 1.58. The van der Waals surface area contributed by atoms with Gasteiger partial charge in [0.05, 0.1) is 0 Å². The monoisotopic (exact) mass is 1170 g/mol. The lowest BCUT2D eigenvalue weighted by molar-refractivity contribution is 0.353. The van der Waals surface area contributed by atoms with E-state index in [9.17, 15) is 0 Å². The van der Waals surface area contributed by atoms with E-state index in [1.807, 2.05) is 0 Å². The van der Waals surface area contributed by atoms with Gasteiger partial charge in [0.15, 0.2) is 0 Å². The van der Waals surface area contributed by atoms with E-state index in [1.54, 1.807) is 0 Å². The largest absolute Gasteiger partial charge is 0.310 e. The molecule has 17 rings (SSSR count). The van der Waals surface area contributed by atoms with Gasteiger partial charge in [-0.2, -0.15) is 0 Å². The van der Waals surface area contributed by atoms with Crippen LogP contribution in [0, 0.1) is 0 Å². The highest BCUT2D eigenvalue weighted by molar-refractivity contribution is 5.93. The maximum Gasteiger partial charge on any atom is 0.0465 e. The van der Waals surface area contributed by atoms with Crippen LogP contribution in [0.15, 0.2) is 291 Å². The predicted octanol–water partition coefficient (Wildman–Crippen LogP) is 24.3. The Hall–Kier alpha value is -10.2. The second-order valence-corrected chi connectivity index (χ2v) is 26.6. The van der Waals surface area contributed by atoms with Gasteiger partial charge in [0, 0.05) is 84.5 Å². The first-order chi connectivity index (χ1) is 44.8. The van der Waals surface area contributed by atoms with Crippen LogP contribution in [0.5, 0.6) is 0 Å².